The summed E-state index contributed by atoms with van der Waals surface area (Å²) in [5.41, 5.74) is 22.2. The highest BCUT2D eigenvalue weighted by Crippen LogP contribution is 2.54. The lowest BCUT2D eigenvalue weighted by Crippen LogP contribution is -2.15. The van der Waals surface area contributed by atoms with E-state index in [4.69, 9.17) is 0 Å². The number of fused-ring (bicyclic) bond motifs is 13. The van der Waals surface area contributed by atoms with Crippen LogP contribution in [0.3, 0.4) is 0 Å². The average Bonchev–Trinajstić information content (AvgIpc) is 4.06. The third kappa shape index (κ3) is 7.27. The highest BCUT2D eigenvalue weighted by Gasteiger charge is 2.37. The van der Waals surface area contributed by atoms with Crippen molar-refractivity contribution >= 4 is 88.0 Å². The lowest BCUT2D eigenvalue weighted by Gasteiger charge is -2.28. The standard InChI is InChI=1S/C80H58N2/c1-79(2)72-31-15-13-27-64(72)70-49-58(43-45-74(70)79)81(76-33-17-21-51-19-5-7-23-60(51)76)56-39-35-53(36-40-56)68-47-55-48-69(63-26-10-12-30-67(63)78(55)66-29-11-9-25-62(66)68)54-37-41-57(42-38-54)82(77-34-18-22-52-20-6-8-24-61(52)77)59-44-46-75-71(50-59)65-28-14-16-32-73(65)80(75,3)4/h5-50H,1-4H3. The molecule has 0 unspecified atom stereocenters. The lowest BCUT2D eigenvalue weighted by atomic mass is 9.82. The van der Waals surface area contributed by atoms with Crippen molar-refractivity contribution in [2.45, 2.75) is 38.5 Å². The Kier molecular flexibility index (Phi) is 10.7. The maximum atomic E-state index is 2.45. The first-order valence-electron chi connectivity index (χ1n) is 28.8. The van der Waals surface area contributed by atoms with Crippen molar-refractivity contribution in [2.24, 2.45) is 0 Å². The molecule has 0 aliphatic heterocycles. The molecule has 0 amide bonds. The fraction of sp³-hybridized carbons (Fsp3) is 0.0750. The second-order valence-electron chi connectivity index (χ2n) is 23.6. The van der Waals surface area contributed by atoms with Gasteiger partial charge in [0.05, 0.1) is 11.4 Å². The molecule has 2 heteroatoms. The molecule has 0 radical (unpaired) electrons. The highest BCUT2D eigenvalue weighted by molar-refractivity contribution is 6.26. The van der Waals surface area contributed by atoms with Crippen LogP contribution >= 0.6 is 0 Å². The second-order valence-corrected chi connectivity index (χ2v) is 23.6. The summed E-state index contributed by atoms with van der Waals surface area (Å²) in [6.07, 6.45) is 0. The average molecular weight is 1050 g/mol. The minimum absolute atomic E-state index is 0.0765. The van der Waals surface area contributed by atoms with Crippen LogP contribution in [0.15, 0.2) is 279 Å². The van der Waals surface area contributed by atoms with Crippen LogP contribution in [0.2, 0.25) is 0 Å². The molecule has 2 aliphatic rings. The first-order chi connectivity index (χ1) is 40.2. The Morgan fingerprint density at radius 1 is 0.232 bits per heavy atom. The number of hydrogen-bond donors (Lipinski definition) is 0. The molecule has 0 saturated heterocycles. The topological polar surface area (TPSA) is 6.48 Å². The molecule has 0 spiro atoms. The number of hydrogen-bond acceptors (Lipinski definition) is 2. The summed E-state index contributed by atoms with van der Waals surface area (Å²) in [5, 5.41) is 12.3. The van der Waals surface area contributed by atoms with Gasteiger partial charge >= 0.3 is 0 Å². The van der Waals surface area contributed by atoms with E-state index in [0.717, 1.165) is 34.1 Å². The van der Waals surface area contributed by atoms with E-state index in [1.165, 1.54) is 121 Å². The molecule has 0 aromatic heterocycles. The van der Waals surface area contributed by atoms with Gasteiger partial charge in [-0.3, -0.25) is 0 Å². The molecule has 2 aliphatic carbocycles. The maximum absolute atomic E-state index is 2.45. The summed E-state index contributed by atoms with van der Waals surface area (Å²) < 4.78 is 0. The number of anilines is 6. The highest BCUT2D eigenvalue weighted by atomic mass is 15.1. The first-order valence-corrected chi connectivity index (χ1v) is 28.8. The number of benzene rings is 14. The minimum atomic E-state index is -0.0765. The van der Waals surface area contributed by atoms with Crippen molar-refractivity contribution in [1.82, 2.24) is 0 Å². The van der Waals surface area contributed by atoms with Gasteiger partial charge in [0.2, 0.25) is 0 Å². The number of rotatable bonds is 8. The van der Waals surface area contributed by atoms with Gasteiger partial charge in [0, 0.05) is 44.4 Å². The summed E-state index contributed by atoms with van der Waals surface area (Å²) in [7, 11) is 0. The van der Waals surface area contributed by atoms with Crippen LogP contribution in [-0.4, -0.2) is 0 Å². The molecule has 0 N–H and O–H groups in total. The van der Waals surface area contributed by atoms with Crippen LogP contribution in [0.4, 0.5) is 34.1 Å². The third-order valence-electron chi connectivity index (χ3n) is 18.4. The van der Waals surface area contributed by atoms with E-state index in [-0.39, 0.29) is 10.8 Å². The third-order valence-corrected chi connectivity index (χ3v) is 18.4. The van der Waals surface area contributed by atoms with Crippen molar-refractivity contribution in [3.8, 4) is 44.5 Å². The van der Waals surface area contributed by atoms with E-state index in [1.807, 2.05) is 0 Å². The van der Waals surface area contributed by atoms with Gasteiger partial charge in [0.1, 0.15) is 0 Å². The Morgan fingerprint density at radius 2 is 0.573 bits per heavy atom. The predicted octanol–water partition coefficient (Wildman–Crippen LogP) is 22.3. The molecule has 82 heavy (non-hydrogen) atoms. The molecule has 14 aromatic rings. The molecular formula is C80H58N2. The first kappa shape index (κ1) is 47.9. The van der Waals surface area contributed by atoms with Crippen molar-refractivity contribution in [2.75, 3.05) is 9.80 Å². The van der Waals surface area contributed by atoms with Gasteiger partial charge in [0.15, 0.2) is 0 Å². The fourth-order valence-corrected chi connectivity index (χ4v) is 14.4. The second kappa shape index (κ2) is 18.3. The van der Waals surface area contributed by atoms with Crippen LogP contribution in [0, 0.1) is 0 Å². The molecule has 14 aromatic carbocycles. The van der Waals surface area contributed by atoms with Gasteiger partial charge in [-0.2, -0.15) is 0 Å². The van der Waals surface area contributed by atoms with Crippen LogP contribution in [0.25, 0.3) is 98.4 Å². The van der Waals surface area contributed by atoms with Crippen molar-refractivity contribution in [3.05, 3.63) is 301 Å². The predicted molar refractivity (Wildman–Crippen MR) is 349 cm³/mol. The molecule has 388 valence electrons. The van der Waals surface area contributed by atoms with Crippen LogP contribution in [0.1, 0.15) is 49.9 Å². The summed E-state index contributed by atoms with van der Waals surface area (Å²) in [6, 6.07) is 104. The molecule has 0 fully saturated rings. The Bertz CT molecular complexity index is 4610. The van der Waals surface area contributed by atoms with E-state index in [0.29, 0.717) is 0 Å². The van der Waals surface area contributed by atoms with Crippen LogP contribution in [-0.2, 0) is 10.8 Å². The van der Waals surface area contributed by atoms with Gasteiger partial charge in [-0.1, -0.05) is 234 Å². The summed E-state index contributed by atoms with van der Waals surface area (Å²) in [6.45, 7) is 9.42. The summed E-state index contributed by atoms with van der Waals surface area (Å²) >= 11 is 0. The van der Waals surface area contributed by atoms with Gasteiger partial charge in [0.25, 0.3) is 0 Å². The minimum Gasteiger partial charge on any atom is -0.310 e. The zero-order valence-electron chi connectivity index (χ0n) is 46.5. The van der Waals surface area contributed by atoms with Crippen molar-refractivity contribution < 1.29 is 0 Å². The molecular weight excluding hydrogens is 989 g/mol. The summed E-state index contributed by atoms with van der Waals surface area (Å²) in [4.78, 5) is 4.91. The largest absolute Gasteiger partial charge is 0.310 e. The van der Waals surface area contributed by atoms with E-state index in [2.05, 4.69) is 317 Å². The van der Waals surface area contributed by atoms with Crippen LogP contribution in [0.5, 0.6) is 0 Å². The maximum Gasteiger partial charge on any atom is 0.0540 e. The molecule has 0 heterocycles. The Hall–Kier alpha value is -10.0. The van der Waals surface area contributed by atoms with Gasteiger partial charge < -0.3 is 9.80 Å². The molecule has 2 nitrogen and oxygen atoms in total. The molecule has 0 bridgehead atoms. The number of nitrogens with zero attached hydrogens (tertiary/aromatic N) is 2. The zero-order valence-corrected chi connectivity index (χ0v) is 46.5. The van der Waals surface area contributed by atoms with E-state index >= 15 is 0 Å². The molecule has 16 rings (SSSR count). The van der Waals surface area contributed by atoms with E-state index in [9.17, 15) is 0 Å². The molecule has 0 saturated carbocycles. The SMILES string of the molecule is CC1(C)c2ccccc2-c2cc(N(c3ccc(-c4cc5cc(-c6ccc(N(c7ccc8c(c7)-c7ccccc7C8(C)C)c7cccc8ccccc78)cc6)c6ccccc6c5c5ccccc45)cc3)c3cccc4ccccc34)ccc21. The van der Waals surface area contributed by atoms with Crippen molar-refractivity contribution in [1.29, 1.82) is 0 Å². The summed E-state index contributed by atoms with van der Waals surface area (Å²) in [5.74, 6) is 0. The normalized spacial score (nSPS) is 13.6. The zero-order chi connectivity index (χ0) is 54.8. The quantitative estimate of drug-likeness (QED) is 0.140. The van der Waals surface area contributed by atoms with Crippen molar-refractivity contribution in [3.63, 3.8) is 0 Å². The van der Waals surface area contributed by atoms with E-state index in [1.54, 1.807) is 0 Å². The van der Waals surface area contributed by atoms with Gasteiger partial charge in [-0.15, -0.1) is 0 Å². The van der Waals surface area contributed by atoms with Gasteiger partial charge in [-0.25, -0.2) is 0 Å². The Morgan fingerprint density at radius 3 is 1.01 bits per heavy atom. The van der Waals surface area contributed by atoms with Gasteiger partial charge in [-0.05, 0) is 183 Å². The Balaban J connectivity index is 0.822. The Labute approximate surface area is 479 Å². The monoisotopic (exact) mass is 1050 g/mol. The van der Waals surface area contributed by atoms with E-state index < -0.39 is 0 Å². The lowest BCUT2D eigenvalue weighted by molar-refractivity contribution is 0.660. The molecule has 0 atom stereocenters. The van der Waals surface area contributed by atoms with Crippen LogP contribution < -0.4 is 9.80 Å². The smallest absolute Gasteiger partial charge is 0.0540 e. The fourth-order valence-electron chi connectivity index (χ4n) is 14.4.